The Morgan fingerprint density at radius 2 is 1.07 bits per heavy atom. The number of benzene rings is 5. The van der Waals surface area contributed by atoms with E-state index in [2.05, 4.69) is 73.4 Å². The quantitative estimate of drug-likeness (QED) is 0.235. The number of para-hydroxylation sites is 4. The predicted molar refractivity (Wildman–Crippen MR) is 161 cm³/mol. The fraction of sp³-hybridized carbons (Fsp3) is 0.0833. The van der Waals surface area contributed by atoms with Crippen LogP contribution in [0.4, 0.5) is 0 Å². The lowest BCUT2D eigenvalue weighted by atomic mass is 9.81. The lowest BCUT2D eigenvalue weighted by Gasteiger charge is -2.22. The average Bonchev–Trinajstić information content (AvgIpc) is 3.53. The third-order valence-corrected chi connectivity index (χ3v) is 8.13. The highest BCUT2D eigenvalue weighted by molar-refractivity contribution is 5.89. The second kappa shape index (κ2) is 8.45. The lowest BCUT2D eigenvalue weighted by Crippen LogP contribution is -2.15. The minimum Gasteiger partial charge on any atom is -0.436 e. The van der Waals surface area contributed by atoms with Crippen LogP contribution >= 0.6 is 0 Å². The third-order valence-electron chi connectivity index (χ3n) is 8.13. The molecule has 0 N–H and O–H groups in total. The van der Waals surface area contributed by atoms with Gasteiger partial charge in [0.25, 0.3) is 0 Å². The van der Waals surface area contributed by atoms with Crippen molar-refractivity contribution < 1.29 is 4.42 Å². The SMILES string of the molecule is CC1(C)c2ccccc2-c2ccc(-c3nc4ccccc4nc3-c3ccc(-c4nc5ccccc5o4)cc3)cc21. The molecule has 2 aromatic heterocycles. The molecule has 190 valence electrons. The maximum absolute atomic E-state index is 6.00. The van der Waals surface area contributed by atoms with Crippen molar-refractivity contribution in [1.82, 2.24) is 15.0 Å². The molecular weight excluding hydrogens is 490 g/mol. The van der Waals surface area contributed by atoms with Crippen molar-refractivity contribution in [2.75, 3.05) is 0 Å². The van der Waals surface area contributed by atoms with Crippen molar-refractivity contribution >= 4 is 22.1 Å². The summed E-state index contributed by atoms with van der Waals surface area (Å²) in [5.74, 6) is 0.609. The molecule has 0 fully saturated rings. The molecule has 0 spiro atoms. The molecule has 8 rings (SSSR count). The van der Waals surface area contributed by atoms with Gasteiger partial charge in [-0.3, -0.25) is 0 Å². The maximum Gasteiger partial charge on any atom is 0.227 e. The van der Waals surface area contributed by atoms with E-state index in [1.807, 2.05) is 60.7 Å². The number of nitrogens with zero attached hydrogens (tertiary/aromatic N) is 3. The standard InChI is InChI=1S/C36H25N3O/c1-36(2)27-10-4-3-9-25(27)26-20-19-24(21-28(26)36)34-33(37-29-11-5-6-12-30(29)38-34)22-15-17-23(18-16-22)35-39-31-13-7-8-14-32(31)40-35/h3-21H,1-2H3. The van der Waals surface area contributed by atoms with Crippen molar-refractivity contribution in [2.45, 2.75) is 19.3 Å². The molecule has 5 aromatic carbocycles. The first-order valence-electron chi connectivity index (χ1n) is 13.5. The van der Waals surface area contributed by atoms with Gasteiger partial charge in [-0.25, -0.2) is 15.0 Å². The molecule has 0 bridgehead atoms. The minimum atomic E-state index is -0.0897. The van der Waals surface area contributed by atoms with Gasteiger partial charge in [-0.05, 0) is 64.7 Å². The molecule has 1 aliphatic carbocycles. The molecule has 1 aliphatic rings. The molecule has 0 saturated heterocycles. The summed E-state index contributed by atoms with van der Waals surface area (Å²) in [7, 11) is 0. The number of rotatable bonds is 3. The van der Waals surface area contributed by atoms with E-state index in [9.17, 15) is 0 Å². The van der Waals surface area contributed by atoms with Gasteiger partial charge < -0.3 is 4.42 Å². The van der Waals surface area contributed by atoms with E-state index in [4.69, 9.17) is 14.4 Å². The average molecular weight is 516 g/mol. The lowest BCUT2D eigenvalue weighted by molar-refractivity contribution is 0.620. The van der Waals surface area contributed by atoms with E-state index < -0.39 is 0 Å². The van der Waals surface area contributed by atoms with E-state index in [0.717, 1.165) is 50.2 Å². The zero-order chi connectivity index (χ0) is 26.8. The van der Waals surface area contributed by atoms with Crippen LogP contribution in [0.2, 0.25) is 0 Å². The van der Waals surface area contributed by atoms with Crippen LogP contribution in [0.1, 0.15) is 25.0 Å². The smallest absolute Gasteiger partial charge is 0.227 e. The van der Waals surface area contributed by atoms with Gasteiger partial charge >= 0.3 is 0 Å². The molecule has 0 radical (unpaired) electrons. The normalized spacial score (nSPS) is 13.4. The van der Waals surface area contributed by atoms with Crippen LogP contribution in [0.5, 0.6) is 0 Å². The van der Waals surface area contributed by atoms with Crippen molar-refractivity contribution in [2.24, 2.45) is 0 Å². The Labute approximate surface area is 232 Å². The van der Waals surface area contributed by atoms with E-state index >= 15 is 0 Å². The summed E-state index contributed by atoms with van der Waals surface area (Å²) >= 11 is 0. The Balaban J connectivity index is 1.27. The number of aromatic nitrogens is 3. The van der Waals surface area contributed by atoms with Crippen molar-refractivity contribution in [3.8, 4) is 45.1 Å². The number of oxazole rings is 1. The van der Waals surface area contributed by atoms with Crippen LogP contribution in [0.3, 0.4) is 0 Å². The van der Waals surface area contributed by atoms with Crippen molar-refractivity contribution in [3.05, 3.63) is 126 Å². The molecule has 7 aromatic rings. The van der Waals surface area contributed by atoms with Crippen LogP contribution in [0.25, 0.3) is 67.2 Å². The Bertz CT molecular complexity index is 2050. The highest BCUT2D eigenvalue weighted by Crippen LogP contribution is 2.49. The van der Waals surface area contributed by atoms with Gasteiger partial charge in [0, 0.05) is 22.1 Å². The summed E-state index contributed by atoms with van der Waals surface area (Å²) in [6.45, 7) is 4.61. The molecule has 0 unspecified atom stereocenters. The Hall–Kier alpha value is -5.09. The Morgan fingerprint density at radius 3 is 1.82 bits per heavy atom. The number of hydrogen-bond donors (Lipinski definition) is 0. The first-order chi connectivity index (χ1) is 19.6. The fourth-order valence-electron chi connectivity index (χ4n) is 6.02. The largest absolute Gasteiger partial charge is 0.436 e. The van der Waals surface area contributed by atoms with E-state index in [1.165, 1.54) is 22.3 Å². The molecule has 2 heterocycles. The van der Waals surface area contributed by atoms with Crippen LogP contribution in [-0.2, 0) is 5.41 Å². The predicted octanol–water partition coefficient (Wildman–Crippen LogP) is 9.08. The van der Waals surface area contributed by atoms with E-state index in [1.54, 1.807) is 0 Å². The van der Waals surface area contributed by atoms with Gasteiger partial charge in [-0.1, -0.05) is 86.6 Å². The zero-order valence-corrected chi connectivity index (χ0v) is 22.2. The molecule has 0 atom stereocenters. The summed E-state index contributed by atoms with van der Waals surface area (Å²) in [6, 6.07) is 39.6. The highest BCUT2D eigenvalue weighted by atomic mass is 16.3. The highest BCUT2D eigenvalue weighted by Gasteiger charge is 2.35. The second-order valence-corrected chi connectivity index (χ2v) is 10.9. The van der Waals surface area contributed by atoms with Crippen LogP contribution in [0, 0.1) is 0 Å². The van der Waals surface area contributed by atoms with Gasteiger partial charge in [-0.2, -0.15) is 0 Å². The first kappa shape index (κ1) is 22.9. The topological polar surface area (TPSA) is 51.8 Å². The molecule has 0 aliphatic heterocycles. The molecular formula is C36H25N3O. The summed E-state index contributed by atoms with van der Waals surface area (Å²) < 4.78 is 6.00. The molecule has 4 nitrogen and oxygen atoms in total. The fourth-order valence-corrected chi connectivity index (χ4v) is 6.02. The minimum absolute atomic E-state index is 0.0897. The molecule has 40 heavy (non-hydrogen) atoms. The van der Waals surface area contributed by atoms with E-state index in [0.29, 0.717) is 5.89 Å². The summed E-state index contributed by atoms with van der Waals surface area (Å²) in [5.41, 5.74) is 13.3. The van der Waals surface area contributed by atoms with Gasteiger partial charge in [0.15, 0.2) is 5.58 Å². The van der Waals surface area contributed by atoms with Crippen LogP contribution in [0.15, 0.2) is 120 Å². The first-order valence-corrected chi connectivity index (χ1v) is 13.5. The monoisotopic (exact) mass is 515 g/mol. The zero-order valence-electron chi connectivity index (χ0n) is 22.2. The molecule has 4 heteroatoms. The van der Waals surface area contributed by atoms with Gasteiger partial charge in [0.05, 0.1) is 22.4 Å². The number of fused-ring (bicyclic) bond motifs is 5. The third kappa shape index (κ3) is 3.43. The van der Waals surface area contributed by atoms with Crippen LogP contribution < -0.4 is 0 Å². The van der Waals surface area contributed by atoms with E-state index in [-0.39, 0.29) is 5.41 Å². The summed E-state index contributed by atoms with van der Waals surface area (Å²) in [6.07, 6.45) is 0. The molecule has 0 amide bonds. The summed E-state index contributed by atoms with van der Waals surface area (Å²) in [4.78, 5) is 14.9. The summed E-state index contributed by atoms with van der Waals surface area (Å²) in [5, 5.41) is 0. The second-order valence-electron chi connectivity index (χ2n) is 10.9. The molecule has 0 saturated carbocycles. The Morgan fingerprint density at radius 1 is 0.500 bits per heavy atom. The number of hydrogen-bond acceptors (Lipinski definition) is 4. The van der Waals surface area contributed by atoms with Crippen molar-refractivity contribution in [3.63, 3.8) is 0 Å². The maximum atomic E-state index is 6.00. The van der Waals surface area contributed by atoms with Crippen LogP contribution in [-0.4, -0.2) is 15.0 Å². The Kier molecular flexibility index (Phi) is 4.83. The van der Waals surface area contributed by atoms with Gasteiger partial charge in [0.1, 0.15) is 5.52 Å². The van der Waals surface area contributed by atoms with Crippen molar-refractivity contribution in [1.29, 1.82) is 0 Å². The van der Waals surface area contributed by atoms with Gasteiger partial charge in [0.2, 0.25) is 5.89 Å². The van der Waals surface area contributed by atoms with Gasteiger partial charge in [-0.15, -0.1) is 0 Å².